The van der Waals surface area contributed by atoms with Gasteiger partial charge in [-0.3, -0.25) is 9.59 Å². The Morgan fingerprint density at radius 2 is 2.00 bits per heavy atom. The zero-order valence-electron chi connectivity index (χ0n) is 12.4. The summed E-state index contributed by atoms with van der Waals surface area (Å²) in [7, 11) is 0. The number of furan rings is 2. The molecule has 22 heavy (non-hydrogen) atoms. The van der Waals surface area contributed by atoms with Gasteiger partial charge in [0.15, 0.2) is 0 Å². The molecule has 7 nitrogen and oxygen atoms in total. The van der Waals surface area contributed by atoms with E-state index in [1.807, 2.05) is 0 Å². The first-order valence-electron chi connectivity index (χ1n) is 6.75. The minimum atomic E-state index is -1.32. The fourth-order valence-electron chi connectivity index (χ4n) is 1.88. The van der Waals surface area contributed by atoms with E-state index in [0.717, 1.165) is 0 Å². The Morgan fingerprint density at radius 1 is 1.23 bits per heavy atom. The van der Waals surface area contributed by atoms with Crippen molar-refractivity contribution in [2.24, 2.45) is 0 Å². The van der Waals surface area contributed by atoms with Crippen LogP contribution in [-0.4, -0.2) is 30.0 Å². The summed E-state index contributed by atoms with van der Waals surface area (Å²) in [6, 6.07) is 4.80. The van der Waals surface area contributed by atoms with Crippen LogP contribution < -0.4 is 10.6 Å². The molecule has 0 bridgehead atoms. The van der Waals surface area contributed by atoms with Crippen molar-refractivity contribution < 1.29 is 23.5 Å². The van der Waals surface area contributed by atoms with Crippen LogP contribution in [-0.2, 0) is 10.4 Å². The van der Waals surface area contributed by atoms with E-state index in [1.165, 1.54) is 25.5 Å². The number of hydrogen-bond donors (Lipinski definition) is 3. The molecule has 0 radical (unpaired) electrons. The average Bonchev–Trinajstić information content (AvgIpc) is 3.14. The molecule has 2 aromatic heterocycles. The lowest BCUT2D eigenvalue weighted by atomic mass is 10.0. The lowest BCUT2D eigenvalue weighted by Crippen LogP contribution is -2.43. The first kappa shape index (κ1) is 15.8. The first-order chi connectivity index (χ1) is 10.4. The van der Waals surface area contributed by atoms with Gasteiger partial charge < -0.3 is 24.6 Å². The lowest BCUT2D eigenvalue weighted by molar-refractivity contribution is -0.121. The van der Waals surface area contributed by atoms with E-state index < -0.39 is 11.5 Å². The van der Waals surface area contributed by atoms with Crippen LogP contribution in [0.2, 0.25) is 0 Å². The van der Waals surface area contributed by atoms with Gasteiger partial charge in [0.2, 0.25) is 5.91 Å². The molecule has 1 unspecified atom stereocenters. The Kier molecular flexibility index (Phi) is 4.67. The number of aryl methyl sites for hydroxylation is 1. The van der Waals surface area contributed by atoms with Gasteiger partial charge in [-0.05, 0) is 32.0 Å². The van der Waals surface area contributed by atoms with Gasteiger partial charge in [-0.15, -0.1) is 0 Å². The van der Waals surface area contributed by atoms with Gasteiger partial charge in [0.1, 0.15) is 17.1 Å². The summed E-state index contributed by atoms with van der Waals surface area (Å²) >= 11 is 0. The maximum absolute atomic E-state index is 11.8. The van der Waals surface area contributed by atoms with Crippen LogP contribution in [0, 0.1) is 6.92 Å². The van der Waals surface area contributed by atoms with Crippen molar-refractivity contribution in [3.8, 4) is 0 Å². The van der Waals surface area contributed by atoms with E-state index in [-0.39, 0.29) is 19.0 Å². The molecule has 0 saturated carbocycles. The molecule has 118 valence electrons. The third-order valence-electron chi connectivity index (χ3n) is 3.19. The van der Waals surface area contributed by atoms with E-state index in [4.69, 9.17) is 8.83 Å². The van der Waals surface area contributed by atoms with Crippen molar-refractivity contribution >= 4 is 11.8 Å². The summed E-state index contributed by atoms with van der Waals surface area (Å²) in [5, 5.41) is 15.2. The fraction of sp³-hybridized carbons (Fsp3) is 0.333. The molecule has 1 atom stereocenters. The Balaban J connectivity index is 1.79. The minimum Gasteiger partial charge on any atom is -0.469 e. The number of hydrogen-bond acceptors (Lipinski definition) is 5. The molecule has 3 N–H and O–H groups in total. The largest absolute Gasteiger partial charge is 0.469 e. The second-order valence-electron chi connectivity index (χ2n) is 5.10. The molecule has 0 saturated heterocycles. The van der Waals surface area contributed by atoms with Crippen LogP contribution in [0.25, 0.3) is 0 Å². The monoisotopic (exact) mass is 306 g/mol. The molecule has 0 aromatic carbocycles. The highest BCUT2D eigenvalue weighted by molar-refractivity contribution is 5.97. The van der Waals surface area contributed by atoms with Crippen molar-refractivity contribution in [1.82, 2.24) is 10.6 Å². The number of nitrogens with one attached hydrogen (secondary N) is 2. The summed E-state index contributed by atoms with van der Waals surface area (Å²) in [5.41, 5.74) is -0.931. The van der Waals surface area contributed by atoms with E-state index >= 15 is 0 Å². The molecule has 7 heteroatoms. The number of rotatable bonds is 6. The van der Waals surface area contributed by atoms with Gasteiger partial charge in [0, 0.05) is 0 Å². The molecule has 0 aliphatic rings. The maximum Gasteiger partial charge on any atom is 0.255 e. The predicted octanol–water partition coefficient (Wildman–Crippen LogP) is 0.935. The Bertz CT molecular complexity index is 643. The molecule has 0 spiro atoms. The second-order valence-corrected chi connectivity index (χ2v) is 5.10. The Morgan fingerprint density at radius 3 is 2.59 bits per heavy atom. The quantitative estimate of drug-likeness (QED) is 0.736. The van der Waals surface area contributed by atoms with Crippen molar-refractivity contribution in [2.75, 3.05) is 13.1 Å². The van der Waals surface area contributed by atoms with Crippen molar-refractivity contribution in [3.05, 3.63) is 47.8 Å². The minimum absolute atomic E-state index is 0.0278. The van der Waals surface area contributed by atoms with Crippen LogP contribution in [0.1, 0.15) is 28.8 Å². The summed E-state index contributed by atoms with van der Waals surface area (Å²) in [5.74, 6) is 0.0324. The third-order valence-corrected chi connectivity index (χ3v) is 3.19. The Labute approximate surface area is 127 Å². The van der Waals surface area contributed by atoms with E-state index in [1.54, 1.807) is 19.1 Å². The number of aliphatic hydroxyl groups is 1. The van der Waals surface area contributed by atoms with Gasteiger partial charge >= 0.3 is 0 Å². The Hall–Kier alpha value is -2.54. The van der Waals surface area contributed by atoms with Gasteiger partial charge in [0.25, 0.3) is 5.91 Å². The summed E-state index contributed by atoms with van der Waals surface area (Å²) in [6.45, 7) is 2.96. The highest BCUT2D eigenvalue weighted by atomic mass is 16.4. The van der Waals surface area contributed by atoms with Gasteiger partial charge in [-0.2, -0.15) is 0 Å². The summed E-state index contributed by atoms with van der Waals surface area (Å²) < 4.78 is 10.1. The van der Waals surface area contributed by atoms with Crippen molar-refractivity contribution in [1.29, 1.82) is 0 Å². The van der Waals surface area contributed by atoms with E-state index in [9.17, 15) is 14.7 Å². The smallest absolute Gasteiger partial charge is 0.255 e. The highest BCUT2D eigenvalue weighted by Gasteiger charge is 2.26. The second kappa shape index (κ2) is 6.48. The lowest BCUT2D eigenvalue weighted by Gasteiger charge is -2.21. The highest BCUT2D eigenvalue weighted by Crippen LogP contribution is 2.19. The van der Waals surface area contributed by atoms with Crippen LogP contribution in [0.3, 0.4) is 0 Å². The predicted molar refractivity (Wildman–Crippen MR) is 77.1 cm³/mol. The molecule has 2 amide bonds. The maximum atomic E-state index is 11.8. The third kappa shape index (κ3) is 3.76. The molecule has 2 heterocycles. The molecule has 2 rings (SSSR count). The van der Waals surface area contributed by atoms with Crippen LogP contribution in [0.4, 0.5) is 0 Å². The molecule has 0 fully saturated rings. The fourth-order valence-corrected chi connectivity index (χ4v) is 1.88. The first-order valence-corrected chi connectivity index (χ1v) is 6.75. The normalized spacial score (nSPS) is 13.4. The standard InChI is InChI=1S/C15H18N2O5/c1-10-11(5-7-21-10)14(19)16-8-13(18)17-9-15(2,20)12-4-3-6-22-12/h3-7,20H,8-9H2,1-2H3,(H,16,19)(H,17,18). The number of amides is 2. The summed E-state index contributed by atoms with van der Waals surface area (Å²) in [4.78, 5) is 23.5. The van der Waals surface area contributed by atoms with Gasteiger partial charge in [0.05, 0.1) is 31.2 Å². The zero-order chi connectivity index (χ0) is 16.2. The molecular weight excluding hydrogens is 288 g/mol. The average molecular weight is 306 g/mol. The van der Waals surface area contributed by atoms with E-state index in [0.29, 0.717) is 17.1 Å². The van der Waals surface area contributed by atoms with E-state index in [2.05, 4.69) is 10.6 Å². The number of carbonyl (C=O) groups excluding carboxylic acids is 2. The zero-order valence-corrected chi connectivity index (χ0v) is 12.4. The van der Waals surface area contributed by atoms with Gasteiger partial charge in [-0.25, -0.2) is 0 Å². The van der Waals surface area contributed by atoms with Crippen LogP contribution in [0.15, 0.2) is 39.6 Å². The van der Waals surface area contributed by atoms with Crippen LogP contribution in [0.5, 0.6) is 0 Å². The number of carbonyl (C=O) groups is 2. The van der Waals surface area contributed by atoms with Crippen molar-refractivity contribution in [2.45, 2.75) is 19.4 Å². The summed E-state index contributed by atoms with van der Waals surface area (Å²) in [6.07, 6.45) is 2.85. The topological polar surface area (TPSA) is 105 Å². The van der Waals surface area contributed by atoms with Crippen LogP contribution >= 0.6 is 0 Å². The molecule has 0 aliphatic carbocycles. The SMILES string of the molecule is Cc1occc1C(=O)NCC(=O)NCC(C)(O)c1ccco1. The van der Waals surface area contributed by atoms with Crippen molar-refractivity contribution in [3.63, 3.8) is 0 Å². The molecule has 2 aromatic rings. The molecular formula is C15H18N2O5. The molecule has 0 aliphatic heterocycles. The van der Waals surface area contributed by atoms with Gasteiger partial charge in [-0.1, -0.05) is 0 Å².